The van der Waals surface area contributed by atoms with Crippen molar-refractivity contribution in [2.45, 2.75) is 25.9 Å². The first kappa shape index (κ1) is 17.1. The molecule has 1 aromatic heterocycles. The van der Waals surface area contributed by atoms with E-state index in [0.717, 1.165) is 27.7 Å². The molecule has 1 amide bonds. The summed E-state index contributed by atoms with van der Waals surface area (Å²) in [4.78, 5) is 37.0. The first-order valence-electron chi connectivity index (χ1n) is 8.14. The fourth-order valence-corrected chi connectivity index (χ4v) is 2.67. The van der Waals surface area contributed by atoms with E-state index in [1.807, 2.05) is 19.1 Å². The van der Waals surface area contributed by atoms with Gasteiger partial charge < -0.3 is 10.1 Å². The smallest absolute Gasteiger partial charge is 0.351 e. The van der Waals surface area contributed by atoms with Crippen molar-refractivity contribution >= 4 is 5.91 Å². The molecule has 0 bridgehead atoms. The number of carbonyl (C=O) groups excluding carboxylic acids is 1. The van der Waals surface area contributed by atoms with E-state index in [-0.39, 0.29) is 11.8 Å². The molecule has 3 rings (SSSR count). The SMILES string of the molecule is Cc1ccc(-n2nc(C(=O)NC[C@@H]3CCCO3)c(=O)n(C)c2=O)cc1. The lowest BCUT2D eigenvalue weighted by Gasteiger charge is -2.12. The van der Waals surface area contributed by atoms with Gasteiger partial charge in [0.05, 0.1) is 11.8 Å². The van der Waals surface area contributed by atoms with Gasteiger partial charge in [0.2, 0.25) is 5.69 Å². The van der Waals surface area contributed by atoms with Crippen molar-refractivity contribution in [2.24, 2.45) is 7.05 Å². The highest BCUT2D eigenvalue weighted by atomic mass is 16.5. The van der Waals surface area contributed by atoms with Crippen LogP contribution in [0, 0.1) is 6.92 Å². The van der Waals surface area contributed by atoms with Crippen molar-refractivity contribution in [3.63, 3.8) is 0 Å². The van der Waals surface area contributed by atoms with E-state index in [1.54, 1.807) is 12.1 Å². The van der Waals surface area contributed by atoms with E-state index in [9.17, 15) is 14.4 Å². The van der Waals surface area contributed by atoms with Gasteiger partial charge >= 0.3 is 5.69 Å². The summed E-state index contributed by atoms with van der Waals surface area (Å²) < 4.78 is 7.38. The first-order chi connectivity index (χ1) is 12.0. The molecule has 1 aromatic carbocycles. The Morgan fingerprint density at radius 1 is 1.32 bits per heavy atom. The maximum Gasteiger partial charge on any atom is 0.351 e. The molecule has 0 unspecified atom stereocenters. The van der Waals surface area contributed by atoms with Gasteiger partial charge in [-0.2, -0.15) is 9.78 Å². The van der Waals surface area contributed by atoms with Crippen LogP contribution in [0.3, 0.4) is 0 Å². The van der Waals surface area contributed by atoms with E-state index in [0.29, 0.717) is 18.8 Å². The second-order valence-electron chi connectivity index (χ2n) is 6.09. The molecule has 0 saturated carbocycles. The van der Waals surface area contributed by atoms with Gasteiger partial charge in [-0.15, -0.1) is 0 Å². The van der Waals surface area contributed by atoms with E-state index in [2.05, 4.69) is 10.4 Å². The Balaban J connectivity index is 1.93. The third-order valence-corrected chi connectivity index (χ3v) is 4.18. The number of ether oxygens (including phenoxy) is 1. The standard InChI is InChI=1S/C17H20N4O4/c1-11-5-7-12(8-6-11)21-17(24)20(2)16(23)14(19-21)15(22)18-10-13-4-3-9-25-13/h5-8,13H,3-4,9-10H2,1-2H3,(H,18,22)/t13-/m0/s1. The van der Waals surface area contributed by atoms with Gasteiger partial charge in [0.15, 0.2) is 0 Å². The van der Waals surface area contributed by atoms with Crippen molar-refractivity contribution in [2.75, 3.05) is 13.2 Å². The van der Waals surface area contributed by atoms with Crippen molar-refractivity contribution in [3.8, 4) is 5.69 Å². The third-order valence-electron chi connectivity index (χ3n) is 4.18. The second-order valence-corrected chi connectivity index (χ2v) is 6.09. The van der Waals surface area contributed by atoms with Gasteiger partial charge in [0.1, 0.15) is 0 Å². The van der Waals surface area contributed by atoms with Gasteiger partial charge in [-0.25, -0.2) is 4.79 Å². The monoisotopic (exact) mass is 344 g/mol. The summed E-state index contributed by atoms with van der Waals surface area (Å²) in [6.45, 7) is 2.91. The molecule has 1 fully saturated rings. The van der Waals surface area contributed by atoms with E-state index < -0.39 is 17.2 Å². The average Bonchev–Trinajstić information content (AvgIpc) is 3.12. The summed E-state index contributed by atoms with van der Waals surface area (Å²) in [5, 5.41) is 6.66. The van der Waals surface area contributed by atoms with E-state index >= 15 is 0 Å². The maximum absolute atomic E-state index is 12.4. The molecule has 1 saturated heterocycles. The molecular formula is C17H20N4O4. The topological polar surface area (TPSA) is 95.2 Å². The summed E-state index contributed by atoms with van der Waals surface area (Å²) in [5.41, 5.74) is -0.140. The molecule has 2 heterocycles. The van der Waals surface area contributed by atoms with E-state index in [4.69, 9.17) is 4.74 Å². The van der Waals surface area contributed by atoms with Gasteiger partial charge in [0.25, 0.3) is 11.5 Å². The highest BCUT2D eigenvalue weighted by molar-refractivity contribution is 5.91. The number of benzene rings is 1. The number of rotatable bonds is 4. The zero-order chi connectivity index (χ0) is 18.0. The number of aryl methyl sites for hydroxylation is 1. The minimum absolute atomic E-state index is 0.0456. The Labute approximate surface area is 144 Å². The van der Waals surface area contributed by atoms with Gasteiger partial charge in [0, 0.05) is 20.2 Å². The molecule has 0 spiro atoms. The van der Waals surface area contributed by atoms with Crippen molar-refractivity contribution in [1.29, 1.82) is 0 Å². The molecule has 2 aromatic rings. The van der Waals surface area contributed by atoms with Crippen LogP contribution in [0.5, 0.6) is 0 Å². The molecule has 132 valence electrons. The minimum Gasteiger partial charge on any atom is -0.376 e. The molecule has 1 aliphatic rings. The van der Waals surface area contributed by atoms with Crippen LogP contribution in [0.1, 0.15) is 28.9 Å². The Kier molecular flexibility index (Phi) is 4.80. The zero-order valence-electron chi connectivity index (χ0n) is 14.2. The number of nitrogens with zero attached hydrogens (tertiary/aromatic N) is 3. The lowest BCUT2D eigenvalue weighted by atomic mass is 10.2. The van der Waals surface area contributed by atoms with Gasteiger partial charge in [-0.3, -0.25) is 14.2 Å². The lowest BCUT2D eigenvalue weighted by molar-refractivity contribution is 0.0850. The van der Waals surface area contributed by atoms with Gasteiger partial charge in [-0.1, -0.05) is 17.7 Å². The summed E-state index contributed by atoms with van der Waals surface area (Å²) >= 11 is 0. The Hall–Kier alpha value is -2.74. The first-order valence-corrected chi connectivity index (χ1v) is 8.14. The van der Waals surface area contributed by atoms with E-state index in [1.165, 1.54) is 7.05 Å². The second kappa shape index (κ2) is 7.02. The van der Waals surface area contributed by atoms with Crippen LogP contribution in [0.15, 0.2) is 33.9 Å². The molecule has 1 aliphatic heterocycles. The minimum atomic E-state index is -0.724. The van der Waals surface area contributed by atoms with Crippen LogP contribution in [0.4, 0.5) is 0 Å². The van der Waals surface area contributed by atoms with Crippen LogP contribution in [0.2, 0.25) is 0 Å². The Bertz CT molecular complexity index is 892. The van der Waals surface area contributed by atoms with Crippen molar-refractivity contribution in [3.05, 3.63) is 56.4 Å². The average molecular weight is 344 g/mol. The molecule has 8 nitrogen and oxygen atoms in total. The summed E-state index contributed by atoms with van der Waals surface area (Å²) in [6.07, 6.45) is 1.78. The zero-order valence-corrected chi connectivity index (χ0v) is 14.2. The third kappa shape index (κ3) is 3.53. The molecule has 25 heavy (non-hydrogen) atoms. The molecule has 0 aliphatic carbocycles. The fourth-order valence-electron chi connectivity index (χ4n) is 2.67. The van der Waals surface area contributed by atoms with Crippen LogP contribution in [-0.2, 0) is 11.8 Å². The molecule has 0 radical (unpaired) electrons. The van der Waals surface area contributed by atoms with Crippen LogP contribution >= 0.6 is 0 Å². The fraction of sp³-hybridized carbons (Fsp3) is 0.412. The van der Waals surface area contributed by atoms with Gasteiger partial charge in [-0.05, 0) is 31.9 Å². The number of amides is 1. The highest BCUT2D eigenvalue weighted by Crippen LogP contribution is 2.10. The Morgan fingerprint density at radius 2 is 2.04 bits per heavy atom. The predicted molar refractivity (Wildman–Crippen MR) is 91.1 cm³/mol. The van der Waals surface area contributed by atoms with Crippen LogP contribution < -0.4 is 16.6 Å². The quantitative estimate of drug-likeness (QED) is 0.852. The van der Waals surface area contributed by atoms with Crippen LogP contribution in [-0.4, -0.2) is 39.5 Å². The Morgan fingerprint density at radius 3 is 2.68 bits per heavy atom. The number of nitrogens with one attached hydrogen (secondary N) is 1. The maximum atomic E-state index is 12.4. The van der Waals surface area contributed by atoms with Crippen molar-refractivity contribution < 1.29 is 9.53 Å². The summed E-state index contributed by atoms with van der Waals surface area (Å²) in [6, 6.07) is 7.07. The number of aromatic nitrogens is 3. The molecule has 1 atom stereocenters. The highest BCUT2D eigenvalue weighted by Gasteiger charge is 2.21. The predicted octanol–water partition coefficient (Wildman–Crippen LogP) is 0.148. The molecule has 1 N–H and O–H groups in total. The van der Waals surface area contributed by atoms with Crippen LogP contribution in [0.25, 0.3) is 5.69 Å². The summed E-state index contributed by atoms with van der Waals surface area (Å²) in [5.74, 6) is -0.614. The summed E-state index contributed by atoms with van der Waals surface area (Å²) in [7, 11) is 1.33. The van der Waals surface area contributed by atoms with Crippen molar-refractivity contribution in [1.82, 2.24) is 19.7 Å². The molecular weight excluding hydrogens is 324 g/mol. The lowest BCUT2D eigenvalue weighted by Crippen LogP contribution is -2.45. The number of hydrogen-bond acceptors (Lipinski definition) is 5. The number of carbonyl (C=O) groups is 1. The largest absolute Gasteiger partial charge is 0.376 e. The normalized spacial score (nSPS) is 16.8. The number of hydrogen-bond donors (Lipinski definition) is 1. The molecule has 8 heteroatoms.